The van der Waals surface area contributed by atoms with E-state index in [0.29, 0.717) is 31.0 Å². The molecule has 2 aliphatic rings. The fourth-order valence-electron chi connectivity index (χ4n) is 3.31. The van der Waals surface area contributed by atoms with Crippen molar-refractivity contribution in [1.29, 1.82) is 0 Å². The second kappa shape index (κ2) is 5.60. The summed E-state index contributed by atoms with van der Waals surface area (Å²) in [5.74, 6) is -0.866. The van der Waals surface area contributed by atoms with Gasteiger partial charge in [-0.2, -0.15) is 5.10 Å². The van der Waals surface area contributed by atoms with Gasteiger partial charge in [0.05, 0.1) is 24.5 Å². The lowest BCUT2D eigenvalue weighted by Gasteiger charge is -2.33. The highest BCUT2D eigenvalue weighted by Crippen LogP contribution is 2.38. The molecule has 4 rings (SSSR count). The maximum absolute atomic E-state index is 12.5. The zero-order chi connectivity index (χ0) is 17.7. The highest BCUT2D eigenvalue weighted by Gasteiger charge is 2.42. The van der Waals surface area contributed by atoms with E-state index in [9.17, 15) is 13.2 Å². The third-order valence-electron chi connectivity index (χ3n) is 4.45. The number of nitrogen functional groups attached to an aromatic ring is 1. The van der Waals surface area contributed by atoms with Crippen molar-refractivity contribution in [2.24, 2.45) is 0 Å². The van der Waals surface area contributed by atoms with Crippen molar-refractivity contribution >= 4 is 5.82 Å². The minimum Gasteiger partial charge on any atom is -0.402 e. The first-order chi connectivity index (χ1) is 11.9. The second-order valence-corrected chi connectivity index (χ2v) is 6.06. The van der Waals surface area contributed by atoms with Crippen LogP contribution in [0.15, 0.2) is 18.3 Å². The molecule has 0 saturated carbocycles. The van der Waals surface area contributed by atoms with Crippen molar-refractivity contribution in [2.45, 2.75) is 24.9 Å². The lowest BCUT2D eigenvalue weighted by molar-refractivity contribution is -0.274. The Morgan fingerprint density at radius 1 is 1.36 bits per heavy atom. The van der Waals surface area contributed by atoms with Crippen LogP contribution in [-0.2, 0) is 16.9 Å². The molecule has 1 fully saturated rings. The quantitative estimate of drug-likeness (QED) is 0.852. The summed E-state index contributed by atoms with van der Waals surface area (Å²) in [4.78, 5) is 3.79. The minimum absolute atomic E-state index is 0.329. The number of hydrogen-bond donors (Lipinski definition) is 2. The highest BCUT2D eigenvalue weighted by atomic mass is 19.4. The van der Waals surface area contributed by atoms with Crippen LogP contribution in [0.5, 0.6) is 5.75 Å². The van der Waals surface area contributed by atoms with E-state index in [1.807, 2.05) is 10.7 Å². The number of aromatic nitrogens is 3. The molecule has 1 atom stereocenters. The van der Waals surface area contributed by atoms with E-state index < -0.39 is 17.7 Å². The summed E-state index contributed by atoms with van der Waals surface area (Å²) in [5.41, 5.74) is 6.86. The van der Waals surface area contributed by atoms with Gasteiger partial charge in [0.1, 0.15) is 5.60 Å². The zero-order valence-corrected chi connectivity index (χ0v) is 13.1. The molecule has 0 amide bonds. The van der Waals surface area contributed by atoms with E-state index in [4.69, 9.17) is 10.5 Å². The molecule has 4 heterocycles. The summed E-state index contributed by atoms with van der Waals surface area (Å²) in [5, 5.41) is 7.77. The number of hydrogen-bond acceptors (Lipinski definition) is 6. The van der Waals surface area contributed by atoms with Crippen LogP contribution >= 0.6 is 0 Å². The molecule has 10 heteroatoms. The van der Waals surface area contributed by atoms with Crippen molar-refractivity contribution in [3.05, 3.63) is 24.0 Å². The fourth-order valence-corrected chi connectivity index (χ4v) is 3.31. The molecule has 0 unspecified atom stereocenters. The van der Waals surface area contributed by atoms with Crippen LogP contribution in [-0.4, -0.2) is 40.8 Å². The third-order valence-corrected chi connectivity index (χ3v) is 4.45. The Balaban J connectivity index is 1.72. The van der Waals surface area contributed by atoms with Crippen LogP contribution in [0.4, 0.5) is 19.0 Å². The van der Waals surface area contributed by atoms with Crippen molar-refractivity contribution in [2.75, 3.05) is 25.4 Å². The van der Waals surface area contributed by atoms with Gasteiger partial charge >= 0.3 is 6.36 Å². The normalized spacial score (nSPS) is 23.0. The average molecular weight is 355 g/mol. The molecular weight excluding hydrogens is 339 g/mol. The molecule has 2 aliphatic heterocycles. The van der Waals surface area contributed by atoms with Crippen LogP contribution in [0.2, 0.25) is 0 Å². The number of alkyl halides is 3. The van der Waals surface area contributed by atoms with E-state index in [1.165, 1.54) is 12.3 Å². The molecule has 3 N–H and O–H groups in total. The number of nitrogens with one attached hydrogen (secondary N) is 1. The minimum atomic E-state index is -4.84. The van der Waals surface area contributed by atoms with Gasteiger partial charge in [0, 0.05) is 18.3 Å². The van der Waals surface area contributed by atoms with E-state index in [0.717, 1.165) is 18.7 Å². The number of rotatable bonds is 2. The fraction of sp³-hybridized carbons (Fsp3) is 0.467. The van der Waals surface area contributed by atoms with Crippen LogP contribution in [0.1, 0.15) is 12.1 Å². The van der Waals surface area contributed by atoms with E-state index in [-0.39, 0.29) is 5.82 Å². The van der Waals surface area contributed by atoms with Crippen LogP contribution < -0.4 is 15.8 Å². The van der Waals surface area contributed by atoms with Crippen molar-refractivity contribution in [1.82, 2.24) is 20.1 Å². The number of nitrogens with two attached hydrogens (primary N) is 1. The lowest BCUT2D eigenvalue weighted by Crippen LogP contribution is -2.40. The van der Waals surface area contributed by atoms with Gasteiger partial charge in [0.2, 0.25) is 0 Å². The number of fused-ring (bicyclic) bond motifs is 2. The van der Waals surface area contributed by atoms with Crippen molar-refractivity contribution in [3.63, 3.8) is 0 Å². The Morgan fingerprint density at radius 2 is 2.20 bits per heavy atom. The van der Waals surface area contributed by atoms with Gasteiger partial charge < -0.3 is 20.5 Å². The number of ether oxygens (including phenoxy) is 2. The predicted molar refractivity (Wildman–Crippen MR) is 81.7 cm³/mol. The van der Waals surface area contributed by atoms with Gasteiger partial charge in [-0.25, -0.2) is 4.98 Å². The van der Waals surface area contributed by atoms with Crippen LogP contribution in [0.3, 0.4) is 0 Å². The predicted octanol–water partition coefficient (Wildman–Crippen LogP) is 1.64. The second-order valence-electron chi connectivity index (χ2n) is 6.06. The summed E-state index contributed by atoms with van der Waals surface area (Å²) in [6, 6.07) is 3.03. The van der Waals surface area contributed by atoms with Gasteiger partial charge in [0.15, 0.2) is 11.6 Å². The summed E-state index contributed by atoms with van der Waals surface area (Å²) in [6.07, 6.45) is -2.64. The first kappa shape index (κ1) is 16.2. The maximum atomic E-state index is 12.5. The molecule has 0 radical (unpaired) electrons. The number of pyridine rings is 1. The molecule has 0 aliphatic carbocycles. The summed E-state index contributed by atoms with van der Waals surface area (Å²) >= 11 is 0. The average Bonchev–Trinajstić information content (AvgIpc) is 3.17. The molecule has 134 valence electrons. The third kappa shape index (κ3) is 2.91. The summed E-state index contributed by atoms with van der Waals surface area (Å²) < 4.78 is 49.2. The van der Waals surface area contributed by atoms with Gasteiger partial charge in [-0.15, -0.1) is 13.2 Å². The monoisotopic (exact) mass is 355 g/mol. The van der Waals surface area contributed by atoms with E-state index >= 15 is 0 Å². The lowest BCUT2D eigenvalue weighted by atomic mass is 9.96. The Bertz CT molecular complexity index is 799. The van der Waals surface area contributed by atoms with E-state index in [2.05, 4.69) is 20.1 Å². The van der Waals surface area contributed by atoms with Gasteiger partial charge in [-0.1, -0.05) is 0 Å². The molecule has 2 aromatic heterocycles. The number of halogens is 3. The molecule has 25 heavy (non-hydrogen) atoms. The molecule has 1 spiro atoms. The molecule has 0 aromatic carbocycles. The maximum Gasteiger partial charge on any atom is 0.573 e. The standard InChI is InChI=1S/C15H16F3N5O2/c16-15(17,18)25-11-5-9(7-21-13(11)19)10-6-12-14(1-2-20-8-14)24-4-3-23(12)22-10/h5-7,20H,1-4,8H2,(H2,19,21)/t14-/m1/s1. The molecule has 2 aromatic rings. The topological polar surface area (TPSA) is 87.2 Å². The molecular formula is C15H16F3N5O2. The van der Waals surface area contributed by atoms with Gasteiger partial charge in [0.25, 0.3) is 0 Å². The number of nitrogens with zero attached hydrogens (tertiary/aromatic N) is 3. The largest absolute Gasteiger partial charge is 0.573 e. The van der Waals surface area contributed by atoms with Crippen LogP contribution in [0.25, 0.3) is 11.3 Å². The Hall–Kier alpha value is -2.33. The summed E-state index contributed by atoms with van der Waals surface area (Å²) in [6.45, 7) is 2.65. The first-order valence-electron chi connectivity index (χ1n) is 7.81. The van der Waals surface area contributed by atoms with Crippen molar-refractivity contribution < 1.29 is 22.6 Å². The SMILES string of the molecule is Nc1ncc(-c2cc3n(n2)CCO[C@@]32CCNC2)cc1OC(F)(F)F. The summed E-state index contributed by atoms with van der Waals surface area (Å²) in [7, 11) is 0. The van der Waals surface area contributed by atoms with E-state index in [1.54, 1.807) is 0 Å². The Morgan fingerprint density at radius 3 is 2.92 bits per heavy atom. The van der Waals surface area contributed by atoms with Gasteiger partial charge in [-0.05, 0) is 25.1 Å². The van der Waals surface area contributed by atoms with Gasteiger partial charge in [-0.3, -0.25) is 4.68 Å². The molecule has 0 bridgehead atoms. The first-order valence-corrected chi connectivity index (χ1v) is 7.81. The highest BCUT2D eigenvalue weighted by molar-refractivity contribution is 5.64. The Labute approximate surface area is 140 Å². The molecule has 7 nitrogen and oxygen atoms in total. The van der Waals surface area contributed by atoms with Crippen LogP contribution in [0, 0.1) is 0 Å². The van der Waals surface area contributed by atoms with Crippen molar-refractivity contribution in [3.8, 4) is 17.0 Å². The smallest absolute Gasteiger partial charge is 0.402 e. The Kier molecular flexibility index (Phi) is 3.62. The molecule has 1 saturated heterocycles. The zero-order valence-electron chi connectivity index (χ0n) is 13.1. The number of anilines is 1.